The van der Waals surface area contributed by atoms with Gasteiger partial charge in [0.05, 0.1) is 24.6 Å². The summed E-state index contributed by atoms with van der Waals surface area (Å²) >= 11 is 7.28. The molecule has 0 fully saturated rings. The fraction of sp³-hybridized carbons (Fsp3) is 0.225. The molecular weight excluding hydrogens is 640 g/mol. The zero-order valence-electron chi connectivity index (χ0n) is 26.8. The molecule has 0 aliphatic heterocycles. The van der Waals surface area contributed by atoms with Gasteiger partial charge in [-0.1, -0.05) is 49.8 Å². The molecule has 5 aromatic rings. The first kappa shape index (κ1) is 34.6. The number of benzene rings is 4. The van der Waals surface area contributed by atoms with Gasteiger partial charge in [0.2, 0.25) is 0 Å². The van der Waals surface area contributed by atoms with E-state index in [9.17, 15) is 4.79 Å². The van der Waals surface area contributed by atoms with Crippen molar-refractivity contribution in [3.63, 3.8) is 0 Å². The summed E-state index contributed by atoms with van der Waals surface area (Å²) in [6.45, 7) is 1.45. The topological polar surface area (TPSA) is 69.5 Å². The molecule has 48 heavy (non-hydrogen) atoms. The van der Waals surface area contributed by atoms with Crippen molar-refractivity contribution in [1.29, 1.82) is 0 Å². The molecule has 0 radical (unpaired) electrons. The number of hydrogen-bond donors (Lipinski definition) is 0. The van der Waals surface area contributed by atoms with Crippen LogP contribution in [0.2, 0.25) is 5.02 Å². The fourth-order valence-electron chi connectivity index (χ4n) is 4.75. The molecule has 6 nitrogen and oxygen atoms in total. The third-order valence-electron chi connectivity index (χ3n) is 7.41. The number of aliphatic imine (C=N–C) groups is 2. The zero-order chi connectivity index (χ0) is 33.2. The molecule has 0 aliphatic carbocycles. The molecule has 0 spiro atoms. The number of carbonyl (C=O) groups is 1. The highest BCUT2D eigenvalue weighted by molar-refractivity contribution is 7.12. The van der Waals surface area contributed by atoms with Crippen LogP contribution in [0.1, 0.15) is 65.7 Å². The number of ether oxygens (including phenoxy) is 3. The normalized spacial score (nSPS) is 11.3. The van der Waals surface area contributed by atoms with Crippen molar-refractivity contribution in [2.45, 2.75) is 44.9 Å². The van der Waals surface area contributed by atoms with Crippen LogP contribution in [-0.4, -0.2) is 31.6 Å². The number of esters is 1. The van der Waals surface area contributed by atoms with Gasteiger partial charge in [-0.15, -0.1) is 11.3 Å². The van der Waals surface area contributed by atoms with Crippen LogP contribution in [0.3, 0.4) is 0 Å². The lowest BCUT2D eigenvalue weighted by Gasteiger charge is -2.07. The Morgan fingerprint density at radius 1 is 0.583 bits per heavy atom. The third-order valence-corrected chi connectivity index (χ3v) is 8.51. The molecule has 0 unspecified atom stereocenters. The SMILES string of the molecule is O=C(Oc1ccc(C=Nc2ccc(OCCCCCCCCCOc3ccc(C=Nc4ccc(Cl)cc4)cc3)cc2)cc1)c1cccs1. The van der Waals surface area contributed by atoms with E-state index in [4.69, 9.17) is 25.8 Å². The third kappa shape index (κ3) is 12.1. The van der Waals surface area contributed by atoms with Crippen molar-refractivity contribution in [2.24, 2.45) is 9.98 Å². The van der Waals surface area contributed by atoms with Crippen molar-refractivity contribution in [2.75, 3.05) is 13.2 Å². The van der Waals surface area contributed by atoms with Gasteiger partial charge in [-0.25, -0.2) is 4.79 Å². The Morgan fingerprint density at radius 3 is 1.54 bits per heavy atom. The average molecular weight is 679 g/mol. The second-order valence-electron chi connectivity index (χ2n) is 11.2. The van der Waals surface area contributed by atoms with Crippen molar-refractivity contribution in [3.8, 4) is 17.2 Å². The van der Waals surface area contributed by atoms with Crippen LogP contribution in [0.15, 0.2) is 125 Å². The predicted octanol–water partition coefficient (Wildman–Crippen LogP) is 11.3. The van der Waals surface area contributed by atoms with Gasteiger partial charge in [-0.05, 0) is 132 Å². The summed E-state index contributed by atoms with van der Waals surface area (Å²) in [6.07, 6.45) is 11.7. The molecule has 1 heterocycles. The van der Waals surface area contributed by atoms with Gasteiger partial charge in [0.1, 0.15) is 22.1 Å². The van der Waals surface area contributed by atoms with Gasteiger partial charge in [-0.3, -0.25) is 9.98 Å². The molecule has 0 saturated carbocycles. The Morgan fingerprint density at radius 2 is 1.04 bits per heavy atom. The molecule has 5 rings (SSSR count). The van der Waals surface area contributed by atoms with Crippen molar-refractivity contribution in [3.05, 3.63) is 136 Å². The second-order valence-corrected chi connectivity index (χ2v) is 12.5. The molecule has 246 valence electrons. The van der Waals surface area contributed by atoms with Crippen LogP contribution >= 0.6 is 22.9 Å². The van der Waals surface area contributed by atoms with E-state index in [1.165, 1.54) is 43.4 Å². The Labute approximate surface area is 291 Å². The lowest BCUT2D eigenvalue weighted by Crippen LogP contribution is -2.06. The van der Waals surface area contributed by atoms with E-state index in [-0.39, 0.29) is 5.97 Å². The average Bonchev–Trinajstić information content (AvgIpc) is 3.67. The van der Waals surface area contributed by atoms with Crippen LogP contribution in [-0.2, 0) is 0 Å². The number of hydrogen-bond acceptors (Lipinski definition) is 7. The molecule has 1 aromatic heterocycles. The lowest BCUT2D eigenvalue weighted by molar-refractivity contribution is 0.0740. The Kier molecular flexibility index (Phi) is 13.8. The van der Waals surface area contributed by atoms with Crippen LogP contribution in [0.25, 0.3) is 0 Å². The Hall–Kier alpha value is -4.72. The summed E-state index contributed by atoms with van der Waals surface area (Å²) in [6, 6.07) is 34.1. The van der Waals surface area contributed by atoms with E-state index in [1.807, 2.05) is 103 Å². The standard InChI is InChI=1S/C40H39ClN2O4S/c41-33-14-16-34(17-15-33)42-29-31-10-20-36(21-11-31)45-26-6-4-2-1-3-5-7-27-46-37-24-18-35(19-25-37)43-30-32-12-22-38(23-13-32)47-40(44)39-9-8-28-48-39/h8-25,28-30H,1-7,26-27H2. The van der Waals surface area contributed by atoms with E-state index in [0.717, 1.165) is 53.4 Å². The first-order chi connectivity index (χ1) is 23.6. The molecular formula is C40H39ClN2O4S. The Balaban J connectivity index is 0.870. The van der Waals surface area contributed by atoms with E-state index in [0.29, 0.717) is 22.3 Å². The smallest absolute Gasteiger partial charge is 0.353 e. The van der Waals surface area contributed by atoms with Crippen molar-refractivity contribution in [1.82, 2.24) is 0 Å². The molecule has 8 heteroatoms. The minimum atomic E-state index is -0.347. The molecule has 0 amide bonds. The van der Waals surface area contributed by atoms with Crippen LogP contribution in [0, 0.1) is 0 Å². The van der Waals surface area contributed by atoms with E-state index >= 15 is 0 Å². The first-order valence-corrected chi connectivity index (χ1v) is 17.5. The zero-order valence-corrected chi connectivity index (χ0v) is 28.4. The number of halogens is 1. The minimum absolute atomic E-state index is 0.347. The molecule has 0 aliphatic rings. The number of carbonyl (C=O) groups excluding carboxylic acids is 1. The van der Waals surface area contributed by atoms with E-state index < -0.39 is 0 Å². The minimum Gasteiger partial charge on any atom is -0.494 e. The summed E-state index contributed by atoms with van der Waals surface area (Å²) in [4.78, 5) is 21.7. The molecule has 0 bridgehead atoms. The Bertz CT molecular complexity index is 1720. The molecule has 0 N–H and O–H groups in total. The number of rotatable bonds is 18. The van der Waals surface area contributed by atoms with Gasteiger partial charge in [-0.2, -0.15) is 0 Å². The summed E-state index contributed by atoms with van der Waals surface area (Å²) in [5.74, 6) is 1.90. The number of nitrogens with zero attached hydrogens (tertiary/aromatic N) is 2. The van der Waals surface area contributed by atoms with Gasteiger partial charge in [0.15, 0.2) is 0 Å². The highest BCUT2D eigenvalue weighted by atomic mass is 35.5. The fourth-order valence-corrected chi connectivity index (χ4v) is 5.47. The largest absolute Gasteiger partial charge is 0.494 e. The van der Waals surface area contributed by atoms with Gasteiger partial charge in [0.25, 0.3) is 0 Å². The van der Waals surface area contributed by atoms with E-state index in [1.54, 1.807) is 24.4 Å². The van der Waals surface area contributed by atoms with Gasteiger partial charge in [0, 0.05) is 17.5 Å². The quantitative estimate of drug-likeness (QED) is 0.0400. The van der Waals surface area contributed by atoms with Crippen LogP contribution in [0.5, 0.6) is 17.2 Å². The summed E-state index contributed by atoms with van der Waals surface area (Å²) in [7, 11) is 0. The maximum atomic E-state index is 12.1. The number of thiophene rings is 1. The summed E-state index contributed by atoms with van der Waals surface area (Å²) < 4.78 is 17.2. The monoisotopic (exact) mass is 678 g/mol. The second kappa shape index (κ2) is 19.2. The first-order valence-electron chi connectivity index (χ1n) is 16.3. The summed E-state index contributed by atoms with van der Waals surface area (Å²) in [5, 5.41) is 2.56. The highest BCUT2D eigenvalue weighted by Crippen LogP contribution is 2.21. The van der Waals surface area contributed by atoms with Crippen molar-refractivity contribution < 1.29 is 19.0 Å². The highest BCUT2D eigenvalue weighted by Gasteiger charge is 2.09. The number of unbranched alkanes of at least 4 members (excludes halogenated alkanes) is 6. The molecule has 0 saturated heterocycles. The predicted molar refractivity (Wildman–Crippen MR) is 198 cm³/mol. The molecule has 0 atom stereocenters. The van der Waals surface area contributed by atoms with Crippen LogP contribution in [0.4, 0.5) is 11.4 Å². The van der Waals surface area contributed by atoms with Gasteiger partial charge < -0.3 is 14.2 Å². The van der Waals surface area contributed by atoms with Crippen molar-refractivity contribution >= 4 is 52.7 Å². The lowest BCUT2D eigenvalue weighted by atomic mass is 10.1. The maximum absolute atomic E-state index is 12.1. The summed E-state index contributed by atoms with van der Waals surface area (Å²) in [5.41, 5.74) is 3.66. The van der Waals surface area contributed by atoms with E-state index in [2.05, 4.69) is 9.98 Å². The van der Waals surface area contributed by atoms with Crippen LogP contribution < -0.4 is 14.2 Å². The maximum Gasteiger partial charge on any atom is 0.353 e. The van der Waals surface area contributed by atoms with Gasteiger partial charge >= 0.3 is 5.97 Å². The molecule has 4 aromatic carbocycles.